The van der Waals surface area contributed by atoms with Gasteiger partial charge in [0.2, 0.25) is 0 Å². The molecule has 1 aromatic rings. The Morgan fingerprint density at radius 2 is 2.42 bits per heavy atom. The van der Waals surface area contributed by atoms with Gasteiger partial charge in [-0.2, -0.15) is 5.26 Å². The van der Waals surface area contributed by atoms with Crippen LogP contribution in [0.4, 0.5) is 5.82 Å². The van der Waals surface area contributed by atoms with Gasteiger partial charge in [-0.15, -0.1) is 0 Å². The second kappa shape index (κ2) is 5.77. The van der Waals surface area contributed by atoms with Crippen LogP contribution in [0.15, 0.2) is 12.3 Å². The smallest absolute Gasteiger partial charge is 0.146 e. The summed E-state index contributed by atoms with van der Waals surface area (Å²) in [6, 6.07) is 4.06. The number of nitrogens with one attached hydrogen (secondary N) is 2. The highest BCUT2D eigenvalue weighted by atomic mass is 35.5. The van der Waals surface area contributed by atoms with Crippen LogP contribution in [0.25, 0.3) is 0 Å². The molecule has 1 aromatic heterocycles. The minimum absolute atomic E-state index is 0.255. The van der Waals surface area contributed by atoms with Gasteiger partial charge in [-0.1, -0.05) is 25.4 Å². The van der Waals surface area contributed by atoms with Gasteiger partial charge in [0.15, 0.2) is 0 Å². The predicted octanol–water partition coefficient (Wildman–Crippen LogP) is 2.80. The molecular weight excluding hydrogens is 260 g/mol. The first-order valence-corrected chi connectivity index (χ1v) is 6.94. The Bertz CT molecular complexity index is 493. The molecule has 0 amide bonds. The number of halogens is 1. The summed E-state index contributed by atoms with van der Waals surface area (Å²) in [5.41, 5.74) is 0.708. The average Bonchev–Trinajstić information content (AvgIpc) is 2.38. The molecule has 1 aliphatic heterocycles. The van der Waals surface area contributed by atoms with Crippen molar-refractivity contribution in [3.63, 3.8) is 0 Å². The fraction of sp³-hybridized carbons (Fsp3) is 0.571. The van der Waals surface area contributed by atoms with Crippen LogP contribution in [0.1, 0.15) is 32.3 Å². The summed E-state index contributed by atoms with van der Waals surface area (Å²) in [7, 11) is 0. The van der Waals surface area contributed by atoms with E-state index in [2.05, 4.69) is 35.5 Å². The van der Waals surface area contributed by atoms with E-state index in [1.807, 2.05) is 0 Å². The second-order valence-electron chi connectivity index (χ2n) is 5.61. The lowest BCUT2D eigenvalue weighted by Gasteiger charge is -2.39. The van der Waals surface area contributed by atoms with Crippen LogP contribution in [-0.4, -0.2) is 24.1 Å². The van der Waals surface area contributed by atoms with Gasteiger partial charge in [-0.25, -0.2) is 4.98 Å². The van der Waals surface area contributed by atoms with Crippen molar-refractivity contribution in [2.45, 2.75) is 32.7 Å². The van der Waals surface area contributed by atoms with Crippen LogP contribution >= 0.6 is 11.6 Å². The molecule has 1 atom stereocenters. The highest BCUT2D eigenvalue weighted by Gasteiger charge is 2.31. The second-order valence-corrected chi connectivity index (χ2v) is 5.99. The third-order valence-electron chi connectivity index (χ3n) is 3.82. The molecule has 5 heteroatoms. The van der Waals surface area contributed by atoms with Crippen molar-refractivity contribution >= 4 is 17.4 Å². The van der Waals surface area contributed by atoms with Crippen LogP contribution < -0.4 is 10.6 Å². The highest BCUT2D eigenvalue weighted by molar-refractivity contribution is 6.34. The number of pyridine rings is 1. The van der Waals surface area contributed by atoms with Crippen molar-refractivity contribution in [3.8, 4) is 6.07 Å². The SMILES string of the molecule is CC1(C)CCCNC1CNc1nccc(C#N)c1Cl. The third-order valence-corrected chi connectivity index (χ3v) is 4.20. The van der Waals surface area contributed by atoms with Gasteiger partial charge in [0.25, 0.3) is 0 Å². The van der Waals surface area contributed by atoms with E-state index in [0.717, 1.165) is 13.1 Å². The first-order valence-electron chi connectivity index (χ1n) is 6.56. The fourth-order valence-corrected chi connectivity index (χ4v) is 2.69. The van der Waals surface area contributed by atoms with Gasteiger partial charge < -0.3 is 10.6 Å². The molecule has 1 fully saturated rings. The summed E-state index contributed by atoms with van der Waals surface area (Å²) in [4.78, 5) is 4.20. The molecule has 4 nitrogen and oxygen atoms in total. The maximum atomic E-state index is 8.94. The Morgan fingerprint density at radius 1 is 1.63 bits per heavy atom. The third kappa shape index (κ3) is 3.17. The fourth-order valence-electron chi connectivity index (χ4n) is 2.47. The zero-order chi connectivity index (χ0) is 13.9. The monoisotopic (exact) mass is 278 g/mol. The van der Waals surface area contributed by atoms with Crippen LogP contribution in [0.3, 0.4) is 0 Å². The summed E-state index contributed by atoms with van der Waals surface area (Å²) in [6.45, 7) is 6.35. The molecule has 1 unspecified atom stereocenters. The lowest BCUT2D eigenvalue weighted by Crippen LogP contribution is -2.50. The molecule has 0 bridgehead atoms. The Morgan fingerprint density at radius 3 is 3.11 bits per heavy atom. The highest BCUT2D eigenvalue weighted by Crippen LogP contribution is 2.30. The molecule has 0 saturated carbocycles. The molecule has 2 rings (SSSR count). The largest absolute Gasteiger partial charge is 0.367 e. The summed E-state index contributed by atoms with van der Waals surface area (Å²) in [6.07, 6.45) is 4.03. The Balaban J connectivity index is 2.05. The first kappa shape index (κ1) is 14.1. The number of nitrogens with zero attached hydrogens (tertiary/aromatic N) is 2. The molecule has 2 heterocycles. The van der Waals surface area contributed by atoms with E-state index in [4.69, 9.17) is 16.9 Å². The van der Waals surface area contributed by atoms with Crippen molar-refractivity contribution in [2.75, 3.05) is 18.4 Å². The first-order chi connectivity index (χ1) is 9.04. The normalized spacial score (nSPS) is 21.7. The van der Waals surface area contributed by atoms with Crippen molar-refractivity contribution in [2.24, 2.45) is 5.41 Å². The molecule has 2 N–H and O–H groups in total. The molecule has 102 valence electrons. The van der Waals surface area contributed by atoms with Crippen LogP contribution in [0, 0.1) is 16.7 Å². The number of rotatable bonds is 3. The maximum absolute atomic E-state index is 8.94. The van der Waals surface area contributed by atoms with Crippen molar-refractivity contribution in [1.82, 2.24) is 10.3 Å². The standard InChI is InChI=1S/C14H19ClN4/c1-14(2)5-3-6-17-11(14)9-19-13-12(15)10(8-16)4-7-18-13/h4,7,11,17H,3,5-6,9H2,1-2H3,(H,18,19). The quantitative estimate of drug-likeness (QED) is 0.893. The van der Waals surface area contributed by atoms with E-state index in [0.29, 0.717) is 22.4 Å². The van der Waals surface area contributed by atoms with Gasteiger partial charge in [0.1, 0.15) is 16.9 Å². The van der Waals surface area contributed by atoms with E-state index in [1.54, 1.807) is 12.3 Å². The minimum Gasteiger partial charge on any atom is -0.367 e. The molecular formula is C14H19ClN4. The van der Waals surface area contributed by atoms with Gasteiger partial charge in [-0.05, 0) is 30.9 Å². The number of nitriles is 1. The minimum atomic E-state index is 0.255. The Kier molecular flexibility index (Phi) is 4.28. The zero-order valence-corrected chi connectivity index (χ0v) is 12.1. The molecule has 19 heavy (non-hydrogen) atoms. The lowest BCUT2D eigenvalue weighted by atomic mass is 9.77. The van der Waals surface area contributed by atoms with Crippen molar-refractivity contribution in [1.29, 1.82) is 5.26 Å². The number of aromatic nitrogens is 1. The van der Waals surface area contributed by atoms with Crippen LogP contribution in [-0.2, 0) is 0 Å². The van der Waals surface area contributed by atoms with E-state index in [1.165, 1.54) is 12.8 Å². The van der Waals surface area contributed by atoms with Gasteiger partial charge >= 0.3 is 0 Å². The lowest BCUT2D eigenvalue weighted by molar-refractivity contribution is 0.188. The summed E-state index contributed by atoms with van der Waals surface area (Å²) in [5.74, 6) is 0.587. The summed E-state index contributed by atoms with van der Waals surface area (Å²) in [5, 5.41) is 16.1. The number of anilines is 1. The number of piperidine rings is 1. The van der Waals surface area contributed by atoms with Gasteiger partial charge in [0, 0.05) is 18.8 Å². The van der Waals surface area contributed by atoms with Crippen molar-refractivity contribution < 1.29 is 0 Å². The van der Waals surface area contributed by atoms with Gasteiger partial charge in [-0.3, -0.25) is 0 Å². The molecule has 0 aromatic carbocycles. The predicted molar refractivity (Wildman–Crippen MR) is 77.3 cm³/mol. The topological polar surface area (TPSA) is 60.7 Å². The Labute approximate surface area is 119 Å². The van der Waals surface area contributed by atoms with Gasteiger partial charge in [0.05, 0.1) is 5.56 Å². The molecule has 0 aliphatic carbocycles. The summed E-state index contributed by atoms with van der Waals surface area (Å²) >= 11 is 6.13. The molecule has 0 radical (unpaired) electrons. The molecule has 1 saturated heterocycles. The van der Waals surface area contributed by atoms with E-state index >= 15 is 0 Å². The van der Waals surface area contributed by atoms with Crippen molar-refractivity contribution in [3.05, 3.63) is 22.8 Å². The van der Waals surface area contributed by atoms with E-state index < -0.39 is 0 Å². The zero-order valence-electron chi connectivity index (χ0n) is 11.3. The summed E-state index contributed by atoms with van der Waals surface area (Å²) < 4.78 is 0. The average molecular weight is 279 g/mol. The molecule has 1 aliphatic rings. The van der Waals surface area contributed by atoms with E-state index in [-0.39, 0.29) is 5.41 Å². The Hall–Kier alpha value is -1.31. The number of hydrogen-bond acceptors (Lipinski definition) is 4. The van der Waals surface area contributed by atoms with Crippen LogP contribution in [0.5, 0.6) is 0 Å². The maximum Gasteiger partial charge on any atom is 0.146 e. The number of hydrogen-bond donors (Lipinski definition) is 2. The molecule has 0 spiro atoms. The van der Waals surface area contributed by atoms with E-state index in [9.17, 15) is 0 Å². The van der Waals surface area contributed by atoms with Crippen LogP contribution in [0.2, 0.25) is 5.02 Å².